The first-order chi connectivity index (χ1) is 7.72. The highest BCUT2D eigenvalue weighted by Crippen LogP contribution is 2.28. The molecule has 0 bridgehead atoms. The topological polar surface area (TPSA) is 54.7 Å². The number of aromatic nitrogens is 2. The van der Waals surface area contributed by atoms with E-state index in [0.717, 1.165) is 16.4 Å². The second-order valence-corrected chi connectivity index (χ2v) is 5.11. The molecule has 2 aromatic rings. The van der Waals surface area contributed by atoms with Gasteiger partial charge in [-0.05, 0) is 18.1 Å². The Morgan fingerprint density at radius 1 is 1.50 bits per heavy atom. The molecule has 0 aliphatic rings. The fourth-order valence-corrected chi connectivity index (χ4v) is 2.65. The number of nitrogens with one attached hydrogen (secondary N) is 1. The van der Waals surface area contributed by atoms with Gasteiger partial charge in [0.05, 0.1) is 11.4 Å². The van der Waals surface area contributed by atoms with Gasteiger partial charge in [-0.1, -0.05) is 13.8 Å². The van der Waals surface area contributed by atoms with Crippen LogP contribution in [0.25, 0.3) is 10.7 Å². The first kappa shape index (κ1) is 11.4. The molecule has 1 atom stereocenters. The normalized spacial score (nSPS) is 13.2. The smallest absolute Gasteiger partial charge is 0.139 e. The second-order valence-electron chi connectivity index (χ2n) is 4.25. The molecule has 0 aliphatic heterocycles. The highest BCUT2D eigenvalue weighted by molar-refractivity contribution is 7.13. The molecule has 0 saturated heterocycles. The molecule has 4 heteroatoms. The highest BCUT2D eigenvalue weighted by atomic mass is 32.1. The molecule has 2 aromatic heterocycles. The van der Waals surface area contributed by atoms with Crippen LogP contribution in [0.3, 0.4) is 0 Å². The number of aromatic amines is 1. The number of H-pyrrole nitrogens is 1. The molecule has 0 radical (unpaired) electrons. The van der Waals surface area contributed by atoms with Gasteiger partial charge in [0.25, 0.3) is 0 Å². The van der Waals surface area contributed by atoms with Crippen molar-refractivity contribution >= 4 is 11.3 Å². The average Bonchev–Trinajstić information content (AvgIpc) is 2.86. The van der Waals surface area contributed by atoms with E-state index in [9.17, 15) is 0 Å². The van der Waals surface area contributed by atoms with Crippen molar-refractivity contribution in [1.82, 2.24) is 9.97 Å². The predicted molar refractivity (Wildman–Crippen MR) is 68.5 cm³/mol. The third-order valence-electron chi connectivity index (χ3n) is 2.79. The quantitative estimate of drug-likeness (QED) is 0.856. The SMILES string of the molecule is CC(C)C(CN)c1csc(-c2ccc[nH]2)n1. The van der Waals surface area contributed by atoms with E-state index in [0.29, 0.717) is 18.4 Å². The fraction of sp³-hybridized carbons (Fsp3) is 0.417. The van der Waals surface area contributed by atoms with Crippen molar-refractivity contribution in [3.05, 3.63) is 29.4 Å². The first-order valence-electron chi connectivity index (χ1n) is 5.51. The van der Waals surface area contributed by atoms with Gasteiger partial charge in [-0.2, -0.15) is 0 Å². The van der Waals surface area contributed by atoms with Crippen molar-refractivity contribution in [3.63, 3.8) is 0 Å². The monoisotopic (exact) mass is 235 g/mol. The van der Waals surface area contributed by atoms with Crippen molar-refractivity contribution in [2.24, 2.45) is 11.7 Å². The number of hydrogen-bond donors (Lipinski definition) is 2. The van der Waals surface area contributed by atoms with Crippen molar-refractivity contribution in [2.45, 2.75) is 19.8 Å². The molecule has 0 saturated carbocycles. The summed E-state index contributed by atoms with van der Waals surface area (Å²) < 4.78 is 0. The van der Waals surface area contributed by atoms with E-state index >= 15 is 0 Å². The van der Waals surface area contributed by atoms with E-state index in [1.54, 1.807) is 11.3 Å². The summed E-state index contributed by atoms with van der Waals surface area (Å²) in [6, 6.07) is 4.02. The van der Waals surface area contributed by atoms with Crippen molar-refractivity contribution in [2.75, 3.05) is 6.54 Å². The summed E-state index contributed by atoms with van der Waals surface area (Å²) in [5, 5.41) is 3.16. The van der Waals surface area contributed by atoms with Gasteiger partial charge in [-0.25, -0.2) is 4.98 Å². The number of rotatable bonds is 4. The molecule has 0 amide bonds. The third-order valence-corrected chi connectivity index (χ3v) is 3.68. The van der Waals surface area contributed by atoms with Crippen LogP contribution in [0.15, 0.2) is 23.7 Å². The minimum absolute atomic E-state index is 0.361. The molecular formula is C12H17N3S. The van der Waals surface area contributed by atoms with Gasteiger partial charge in [-0.3, -0.25) is 0 Å². The first-order valence-corrected chi connectivity index (χ1v) is 6.39. The van der Waals surface area contributed by atoms with Crippen molar-refractivity contribution in [3.8, 4) is 10.7 Å². The van der Waals surface area contributed by atoms with Crippen molar-refractivity contribution < 1.29 is 0 Å². The van der Waals surface area contributed by atoms with Crippen LogP contribution in [0.5, 0.6) is 0 Å². The van der Waals surface area contributed by atoms with Gasteiger partial charge >= 0.3 is 0 Å². The predicted octanol–water partition coefficient (Wildman–Crippen LogP) is 2.84. The maximum absolute atomic E-state index is 5.79. The molecule has 86 valence electrons. The van der Waals surface area contributed by atoms with Gasteiger partial charge < -0.3 is 10.7 Å². The van der Waals surface area contributed by atoms with E-state index in [4.69, 9.17) is 5.73 Å². The number of thiazole rings is 1. The zero-order valence-electron chi connectivity index (χ0n) is 9.60. The Morgan fingerprint density at radius 3 is 2.88 bits per heavy atom. The van der Waals surface area contributed by atoms with Crippen LogP contribution in [-0.4, -0.2) is 16.5 Å². The summed E-state index contributed by atoms with van der Waals surface area (Å²) in [5.41, 5.74) is 7.99. The Morgan fingerprint density at radius 2 is 2.31 bits per heavy atom. The van der Waals surface area contributed by atoms with E-state index in [-0.39, 0.29) is 0 Å². The molecule has 2 heterocycles. The molecule has 0 fully saturated rings. The molecule has 0 aromatic carbocycles. The van der Waals surface area contributed by atoms with Crippen LogP contribution >= 0.6 is 11.3 Å². The Bertz CT molecular complexity index is 431. The molecule has 16 heavy (non-hydrogen) atoms. The maximum atomic E-state index is 5.79. The summed E-state index contributed by atoms with van der Waals surface area (Å²) in [5.74, 6) is 0.892. The van der Waals surface area contributed by atoms with Crippen molar-refractivity contribution in [1.29, 1.82) is 0 Å². The van der Waals surface area contributed by atoms with Gasteiger partial charge in [0.15, 0.2) is 0 Å². The Balaban J connectivity index is 2.25. The second kappa shape index (κ2) is 4.80. The zero-order valence-corrected chi connectivity index (χ0v) is 10.4. The van der Waals surface area contributed by atoms with Crippen LogP contribution < -0.4 is 5.73 Å². The minimum Gasteiger partial charge on any atom is -0.359 e. The summed E-state index contributed by atoms with van der Waals surface area (Å²) in [6.07, 6.45) is 1.92. The van der Waals surface area contributed by atoms with E-state index in [1.165, 1.54) is 0 Å². The van der Waals surface area contributed by atoms with Gasteiger partial charge in [0.1, 0.15) is 5.01 Å². The van der Waals surface area contributed by atoms with Gasteiger partial charge in [0.2, 0.25) is 0 Å². The molecule has 3 nitrogen and oxygen atoms in total. The Labute approximate surface area is 99.7 Å². The van der Waals surface area contributed by atoms with E-state index in [1.807, 2.05) is 18.3 Å². The standard InChI is InChI=1S/C12H17N3S/c1-8(2)9(6-13)11-7-16-12(15-11)10-4-3-5-14-10/h3-5,7-9,14H,6,13H2,1-2H3. The average molecular weight is 235 g/mol. The molecular weight excluding hydrogens is 218 g/mol. The van der Waals surface area contributed by atoms with Crippen LogP contribution in [0, 0.1) is 5.92 Å². The molecule has 1 unspecified atom stereocenters. The summed E-state index contributed by atoms with van der Waals surface area (Å²) in [6.45, 7) is 5.03. The number of nitrogens with two attached hydrogens (primary N) is 1. The highest BCUT2D eigenvalue weighted by Gasteiger charge is 2.17. The molecule has 0 spiro atoms. The van der Waals surface area contributed by atoms with Gasteiger partial charge in [0, 0.05) is 24.0 Å². The Kier molecular flexibility index (Phi) is 3.41. The third kappa shape index (κ3) is 2.18. The Hall–Kier alpha value is -1.13. The van der Waals surface area contributed by atoms with Crippen LogP contribution in [0.2, 0.25) is 0 Å². The maximum Gasteiger partial charge on any atom is 0.139 e. The molecule has 0 aliphatic carbocycles. The van der Waals surface area contributed by atoms with E-state index < -0.39 is 0 Å². The number of nitrogens with zero attached hydrogens (tertiary/aromatic N) is 1. The lowest BCUT2D eigenvalue weighted by Crippen LogP contribution is -2.18. The lowest BCUT2D eigenvalue weighted by molar-refractivity contribution is 0.498. The van der Waals surface area contributed by atoms with Crippen LogP contribution in [-0.2, 0) is 0 Å². The number of hydrogen-bond acceptors (Lipinski definition) is 3. The largest absolute Gasteiger partial charge is 0.359 e. The van der Waals surface area contributed by atoms with Crippen LogP contribution in [0.1, 0.15) is 25.5 Å². The zero-order chi connectivity index (χ0) is 11.5. The lowest BCUT2D eigenvalue weighted by Gasteiger charge is -2.15. The molecule has 3 N–H and O–H groups in total. The summed E-state index contributed by atoms with van der Waals surface area (Å²) in [7, 11) is 0. The van der Waals surface area contributed by atoms with Gasteiger partial charge in [-0.15, -0.1) is 11.3 Å². The minimum atomic E-state index is 0.361. The lowest BCUT2D eigenvalue weighted by atomic mass is 9.93. The fourth-order valence-electron chi connectivity index (χ4n) is 1.78. The summed E-state index contributed by atoms with van der Waals surface area (Å²) >= 11 is 1.67. The van der Waals surface area contributed by atoms with Crippen LogP contribution in [0.4, 0.5) is 0 Å². The summed E-state index contributed by atoms with van der Waals surface area (Å²) in [4.78, 5) is 7.82. The molecule has 2 rings (SSSR count). The van der Waals surface area contributed by atoms with E-state index in [2.05, 4.69) is 29.2 Å².